The van der Waals surface area contributed by atoms with Crippen LogP contribution in [0, 0.1) is 0 Å². The first-order chi connectivity index (χ1) is 15.1. The molecule has 1 atom stereocenters. The number of allylic oxidation sites excluding steroid dienone is 1. The Morgan fingerprint density at radius 3 is 2.32 bits per heavy atom. The highest BCUT2D eigenvalue weighted by atomic mass is 79.9. The lowest BCUT2D eigenvalue weighted by Crippen LogP contribution is -2.39. The van der Waals surface area contributed by atoms with E-state index in [0.29, 0.717) is 28.1 Å². The van der Waals surface area contributed by atoms with Crippen LogP contribution in [0.15, 0.2) is 81.5 Å². The van der Waals surface area contributed by atoms with E-state index in [1.807, 2.05) is 48.5 Å². The van der Waals surface area contributed by atoms with Crippen LogP contribution in [-0.4, -0.2) is 27.5 Å². The third-order valence-corrected chi connectivity index (χ3v) is 5.66. The van der Waals surface area contributed by atoms with E-state index < -0.39 is 23.1 Å². The van der Waals surface area contributed by atoms with Gasteiger partial charge in [-0.15, -0.1) is 0 Å². The van der Waals surface area contributed by atoms with Crippen molar-refractivity contribution in [3.63, 3.8) is 0 Å². The molecule has 31 heavy (non-hydrogen) atoms. The van der Waals surface area contributed by atoms with E-state index in [2.05, 4.69) is 26.2 Å². The number of para-hydroxylation sites is 1. The molecule has 3 aromatic rings. The van der Waals surface area contributed by atoms with Gasteiger partial charge in [-0.25, -0.2) is 14.2 Å². The maximum Gasteiger partial charge on any atom is 0.336 e. The normalized spacial score (nSPS) is 15.2. The Morgan fingerprint density at radius 2 is 1.71 bits per heavy atom. The summed E-state index contributed by atoms with van der Waals surface area (Å²) >= 11 is 3.44. The zero-order valence-corrected chi connectivity index (χ0v) is 18.3. The first-order valence-electron chi connectivity index (χ1n) is 9.79. The van der Waals surface area contributed by atoms with E-state index in [1.165, 1.54) is 4.57 Å². The molecule has 1 unspecified atom stereocenters. The van der Waals surface area contributed by atoms with Gasteiger partial charge >= 0.3 is 11.7 Å². The minimum Gasteiger partial charge on any atom is -0.463 e. The molecule has 0 amide bonds. The Morgan fingerprint density at radius 1 is 1.06 bits per heavy atom. The zero-order valence-electron chi connectivity index (χ0n) is 16.7. The van der Waals surface area contributed by atoms with Crippen LogP contribution in [0.2, 0.25) is 0 Å². The third kappa shape index (κ3) is 3.74. The topological polar surface area (TPSA) is 93.2 Å². The first kappa shape index (κ1) is 20.9. The Balaban J connectivity index is 2.07. The van der Waals surface area contributed by atoms with E-state index in [4.69, 9.17) is 4.74 Å². The molecule has 4 rings (SSSR count). The number of anilines is 1. The number of alkyl halides is 1. The second kappa shape index (κ2) is 8.77. The second-order valence-corrected chi connectivity index (χ2v) is 7.47. The van der Waals surface area contributed by atoms with Gasteiger partial charge in [0.2, 0.25) is 0 Å². The van der Waals surface area contributed by atoms with Crippen molar-refractivity contribution < 1.29 is 9.53 Å². The number of nitrogens with one attached hydrogen (secondary N) is 2. The van der Waals surface area contributed by atoms with Gasteiger partial charge in [-0.2, -0.15) is 0 Å². The number of hydrogen-bond acceptors (Lipinski definition) is 5. The summed E-state index contributed by atoms with van der Waals surface area (Å²) in [7, 11) is 0. The number of hydrogen-bond donors (Lipinski definition) is 2. The Hall–Kier alpha value is -3.39. The zero-order chi connectivity index (χ0) is 22.0. The van der Waals surface area contributed by atoms with Gasteiger partial charge in [0.05, 0.1) is 29.3 Å². The summed E-state index contributed by atoms with van der Waals surface area (Å²) in [6.45, 7) is 1.93. The molecule has 1 aliphatic rings. The molecule has 0 aliphatic carbocycles. The van der Waals surface area contributed by atoms with Crippen molar-refractivity contribution in [1.29, 1.82) is 0 Å². The summed E-state index contributed by atoms with van der Waals surface area (Å²) in [5.74, 6) is -0.888. The Bertz CT molecular complexity index is 1260. The summed E-state index contributed by atoms with van der Waals surface area (Å²) in [6, 6.07) is 18.3. The van der Waals surface area contributed by atoms with Gasteiger partial charge in [-0.1, -0.05) is 64.5 Å². The number of esters is 1. The summed E-state index contributed by atoms with van der Waals surface area (Å²) in [6.07, 6.45) is 0. The molecule has 0 fully saturated rings. The first-order valence-corrected chi connectivity index (χ1v) is 10.9. The van der Waals surface area contributed by atoms with Gasteiger partial charge < -0.3 is 10.1 Å². The molecule has 7 nitrogen and oxygen atoms in total. The standard InChI is InChI=1S/C23H20BrN3O4/c1-2-31-22(29)18-16(13-24)25-20-19(17(18)14-9-5-3-6-10-14)21(28)26-23(30)27(20)15-11-7-4-8-12-15/h3-12,17,25H,2,13H2,1H3,(H,26,28,30). The van der Waals surface area contributed by atoms with Crippen LogP contribution >= 0.6 is 15.9 Å². The average molecular weight is 482 g/mol. The molecule has 0 saturated heterocycles. The number of nitrogens with zero attached hydrogens (tertiary/aromatic N) is 1. The third-order valence-electron chi connectivity index (χ3n) is 5.09. The lowest BCUT2D eigenvalue weighted by molar-refractivity contribution is -0.138. The van der Waals surface area contributed by atoms with Crippen molar-refractivity contribution in [1.82, 2.24) is 9.55 Å². The molecule has 2 aromatic carbocycles. The van der Waals surface area contributed by atoms with E-state index in [0.717, 1.165) is 5.56 Å². The molecule has 2 heterocycles. The SMILES string of the molecule is CCOC(=O)C1=C(CBr)Nc2c(c(=O)[nH]c(=O)n2-c2ccccc2)C1c1ccccc1. The number of aromatic amines is 1. The number of aromatic nitrogens is 2. The van der Waals surface area contributed by atoms with Crippen molar-refractivity contribution >= 4 is 27.7 Å². The maximum atomic E-state index is 13.1. The van der Waals surface area contributed by atoms with Crippen molar-refractivity contribution in [2.24, 2.45) is 0 Å². The number of benzene rings is 2. The molecule has 0 spiro atoms. The number of rotatable bonds is 5. The van der Waals surface area contributed by atoms with Crippen molar-refractivity contribution in [3.8, 4) is 5.69 Å². The second-order valence-electron chi connectivity index (χ2n) is 6.91. The fourth-order valence-electron chi connectivity index (χ4n) is 3.83. The van der Waals surface area contributed by atoms with Gasteiger partial charge in [-0.05, 0) is 24.6 Å². The van der Waals surface area contributed by atoms with Gasteiger partial charge in [0.25, 0.3) is 5.56 Å². The molecular weight excluding hydrogens is 462 g/mol. The predicted octanol–water partition coefficient (Wildman–Crippen LogP) is 3.30. The summed E-state index contributed by atoms with van der Waals surface area (Å²) in [5.41, 5.74) is 1.37. The van der Waals surface area contributed by atoms with Gasteiger partial charge in [-0.3, -0.25) is 9.78 Å². The molecule has 2 N–H and O–H groups in total. The number of H-pyrrole nitrogens is 1. The predicted molar refractivity (Wildman–Crippen MR) is 122 cm³/mol. The van der Waals surface area contributed by atoms with Gasteiger partial charge in [0.15, 0.2) is 0 Å². The number of carbonyl (C=O) groups excluding carboxylic acids is 1. The van der Waals surface area contributed by atoms with E-state index in [1.54, 1.807) is 19.1 Å². The van der Waals surface area contributed by atoms with Crippen LogP contribution in [0.1, 0.15) is 24.0 Å². The molecule has 8 heteroatoms. The number of carbonyl (C=O) groups is 1. The smallest absolute Gasteiger partial charge is 0.336 e. The minimum atomic E-state index is -0.705. The summed E-state index contributed by atoms with van der Waals surface area (Å²) in [5, 5.41) is 3.46. The monoisotopic (exact) mass is 481 g/mol. The highest BCUT2D eigenvalue weighted by Gasteiger charge is 2.38. The highest BCUT2D eigenvalue weighted by molar-refractivity contribution is 9.09. The summed E-state index contributed by atoms with van der Waals surface area (Å²) in [4.78, 5) is 41.3. The van der Waals surface area contributed by atoms with Crippen LogP contribution < -0.4 is 16.6 Å². The summed E-state index contributed by atoms with van der Waals surface area (Å²) < 4.78 is 6.73. The van der Waals surface area contributed by atoms with Crippen LogP contribution in [0.4, 0.5) is 5.82 Å². The van der Waals surface area contributed by atoms with Gasteiger partial charge in [0, 0.05) is 11.0 Å². The molecule has 0 bridgehead atoms. The molecular formula is C23H20BrN3O4. The van der Waals surface area contributed by atoms with Crippen molar-refractivity contribution in [3.05, 3.63) is 104 Å². The fourth-order valence-corrected chi connectivity index (χ4v) is 4.27. The molecule has 0 saturated carbocycles. The maximum absolute atomic E-state index is 13.1. The largest absolute Gasteiger partial charge is 0.463 e. The van der Waals surface area contributed by atoms with Crippen molar-refractivity contribution in [2.75, 3.05) is 17.3 Å². The molecule has 0 radical (unpaired) electrons. The van der Waals surface area contributed by atoms with Crippen LogP contribution in [0.25, 0.3) is 5.69 Å². The number of fused-ring (bicyclic) bond motifs is 1. The van der Waals surface area contributed by atoms with Gasteiger partial charge in [0.1, 0.15) is 5.82 Å². The van der Waals surface area contributed by atoms with Crippen LogP contribution in [0.5, 0.6) is 0 Å². The quantitative estimate of drug-likeness (QED) is 0.430. The number of ether oxygens (including phenoxy) is 1. The molecule has 1 aliphatic heterocycles. The van der Waals surface area contributed by atoms with E-state index in [-0.39, 0.29) is 12.2 Å². The Labute approximate surface area is 186 Å². The van der Waals surface area contributed by atoms with E-state index in [9.17, 15) is 14.4 Å². The minimum absolute atomic E-state index is 0.201. The average Bonchev–Trinajstić information content (AvgIpc) is 2.79. The molecule has 158 valence electrons. The number of halogens is 1. The Kier molecular flexibility index (Phi) is 5.90. The highest BCUT2D eigenvalue weighted by Crippen LogP contribution is 2.41. The lowest BCUT2D eigenvalue weighted by atomic mass is 9.82. The van der Waals surface area contributed by atoms with Crippen LogP contribution in [0.3, 0.4) is 0 Å². The molecule has 1 aromatic heterocycles. The van der Waals surface area contributed by atoms with E-state index >= 15 is 0 Å². The van der Waals surface area contributed by atoms with Crippen LogP contribution in [-0.2, 0) is 9.53 Å². The lowest BCUT2D eigenvalue weighted by Gasteiger charge is -2.31. The fraction of sp³-hybridized carbons (Fsp3) is 0.174. The van der Waals surface area contributed by atoms with Crippen molar-refractivity contribution in [2.45, 2.75) is 12.8 Å².